The lowest BCUT2D eigenvalue weighted by Gasteiger charge is -2.17. The topological polar surface area (TPSA) is 170 Å². The number of rotatable bonds is 6. The number of hydrogen-bond acceptors (Lipinski definition) is 9. The van der Waals surface area contributed by atoms with E-state index in [9.17, 15) is 24.6 Å². The third kappa shape index (κ3) is 4.34. The fraction of sp³-hybridized carbons (Fsp3) is 0.412. The highest BCUT2D eigenvalue weighted by molar-refractivity contribution is 5.75. The first kappa shape index (κ1) is 19.9. The molecule has 0 bridgehead atoms. The molecular weight excluding hydrogens is 372 g/mol. The van der Waals surface area contributed by atoms with E-state index in [1.165, 1.54) is 0 Å². The average molecular weight is 392 g/mol. The Hall–Kier alpha value is -2.86. The van der Waals surface area contributed by atoms with Crippen molar-refractivity contribution in [3.8, 4) is 0 Å². The standard InChI is InChI=1S/C17H20N4O7/c18-10(6-9-4-2-1-3-5-9)16(25)27-8-11-13(23)14(24)15(28-11)21-17(26)20-12(22)7-19-21/h1-5,7,10-11,13-15,23-24H,6,8,18H2,(H,20,22,26)/t10-,11?,13?,14?,15?/m0/s1. The van der Waals surface area contributed by atoms with E-state index in [1.54, 1.807) is 0 Å². The Morgan fingerprint density at radius 1 is 1.29 bits per heavy atom. The highest BCUT2D eigenvalue weighted by atomic mass is 16.6. The Morgan fingerprint density at radius 3 is 2.68 bits per heavy atom. The third-order valence-corrected chi connectivity index (χ3v) is 4.31. The van der Waals surface area contributed by atoms with Gasteiger partial charge in [-0.15, -0.1) is 0 Å². The zero-order valence-corrected chi connectivity index (χ0v) is 14.7. The number of nitrogens with zero attached hydrogens (tertiary/aromatic N) is 2. The summed E-state index contributed by atoms with van der Waals surface area (Å²) in [4.78, 5) is 36.9. The summed E-state index contributed by atoms with van der Waals surface area (Å²) in [6, 6.07) is 8.23. The van der Waals surface area contributed by atoms with Crippen LogP contribution >= 0.6 is 0 Å². The monoisotopic (exact) mass is 392 g/mol. The molecule has 4 unspecified atom stereocenters. The molecule has 0 amide bonds. The second-order valence-corrected chi connectivity index (χ2v) is 6.36. The van der Waals surface area contributed by atoms with Gasteiger partial charge in [0.05, 0.1) is 0 Å². The number of carbonyl (C=O) groups excluding carboxylic acids is 1. The molecule has 5 N–H and O–H groups in total. The average Bonchev–Trinajstić information content (AvgIpc) is 2.95. The van der Waals surface area contributed by atoms with Gasteiger partial charge in [-0.1, -0.05) is 30.3 Å². The predicted molar refractivity (Wildman–Crippen MR) is 94.1 cm³/mol. The van der Waals surface area contributed by atoms with E-state index in [0.29, 0.717) is 4.68 Å². The minimum absolute atomic E-state index is 0.274. The van der Waals surface area contributed by atoms with Gasteiger partial charge < -0.3 is 25.4 Å². The molecule has 2 heterocycles. The van der Waals surface area contributed by atoms with Gasteiger partial charge in [0.25, 0.3) is 5.56 Å². The van der Waals surface area contributed by atoms with Crippen molar-refractivity contribution in [3.63, 3.8) is 0 Å². The number of aromatic nitrogens is 3. The molecule has 0 aliphatic carbocycles. The number of hydrogen-bond donors (Lipinski definition) is 4. The van der Waals surface area contributed by atoms with Crippen molar-refractivity contribution in [3.05, 3.63) is 62.9 Å². The highest BCUT2D eigenvalue weighted by Crippen LogP contribution is 2.27. The molecule has 1 aliphatic rings. The van der Waals surface area contributed by atoms with Gasteiger partial charge in [0.1, 0.15) is 37.2 Å². The number of aromatic amines is 1. The van der Waals surface area contributed by atoms with Crippen LogP contribution in [-0.4, -0.2) is 61.9 Å². The first-order valence-corrected chi connectivity index (χ1v) is 8.52. The van der Waals surface area contributed by atoms with E-state index in [1.807, 2.05) is 35.3 Å². The molecule has 28 heavy (non-hydrogen) atoms. The maximum absolute atomic E-state index is 12.1. The van der Waals surface area contributed by atoms with Crippen LogP contribution in [0.1, 0.15) is 11.8 Å². The molecule has 0 spiro atoms. The summed E-state index contributed by atoms with van der Waals surface area (Å²) in [6.07, 6.45) is -4.30. The molecule has 0 saturated carbocycles. The maximum atomic E-state index is 12.1. The molecule has 150 valence electrons. The zero-order chi connectivity index (χ0) is 20.3. The van der Waals surface area contributed by atoms with Crippen LogP contribution in [-0.2, 0) is 20.7 Å². The molecule has 5 atom stereocenters. The first-order valence-electron chi connectivity index (χ1n) is 8.52. The van der Waals surface area contributed by atoms with Crippen LogP contribution in [0.3, 0.4) is 0 Å². The highest BCUT2D eigenvalue weighted by Gasteiger charge is 2.45. The molecular formula is C17H20N4O7. The lowest BCUT2D eigenvalue weighted by atomic mass is 10.1. The lowest BCUT2D eigenvalue weighted by Crippen LogP contribution is -2.40. The van der Waals surface area contributed by atoms with Gasteiger partial charge in [-0.05, 0) is 12.0 Å². The maximum Gasteiger partial charge on any atom is 0.347 e. The summed E-state index contributed by atoms with van der Waals surface area (Å²) in [5, 5.41) is 23.8. The van der Waals surface area contributed by atoms with Gasteiger partial charge in [-0.3, -0.25) is 14.6 Å². The third-order valence-electron chi connectivity index (χ3n) is 4.31. The molecule has 3 rings (SSSR count). The number of ether oxygens (including phenoxy) is 2. The fourth-order valence-electron chi connectivity index (χ4n) is 2.83. The Morgan fingerprint density at radius 2 is 2.00 bits per heavy atom. The summed E-state index contributed by atoms with van der Waals surface area (Å²) in [6.45, 7) is -0.381. The second kappa shape index (κ2) is 8.44. The van der Waals surface area contributed by atoms with E-state index in [0.717, 1.165) is 11.8 Å². The SMILES string of the molecule is N[C@@H](Cc1ccccc1)C(=O)OCC1OC(n2ncc(=O)[nH]c2=O)C(O)C1O. The van der Waals surface area contributed by atoms with Crippen molar-refractivity contribution >= 4 is 5.97 Å². The molecule has 1 aliphatic heterocycles. The zero-order valence-electron chi connectivity index (χ0n) is 14.7. The molecule has 2 aromatic rings. The van der Waals surface area contributed by atoms with Crippen LogP contribution in [0.4, 0.5) is 0 Å². The summed E-state index contributed by atoms with van der Waals surface area (Å²) >= 11 is 0. The number of nitrogens with one attached hydrogen (secondary N) is 1. The lowest BCUT2D eigenvalue weighted by molar-refractivity contribution is -0.151. The van der Waals surface area contributed by atoms with E-state index in [4.69, 9.17) is 15.2 Å². The number of nitrogens with two attached hydrogens (primary N) is 1. The summed E-state index contributed by atoms with van der Waals surface area (Å²) in [7, 11) is 0. The molecule has 11 heteroatoms. The van der Waals surface area contributed by atoms with E-state index in [2.05, 4.69) is 5.10 Å². The van der Waals surface area contributed by atoms with Crippen LogP contribution in [0.5, 0.6) is 0 Å². The van der Waals surface area contributed by atoms with E-state index in [-0.39, 0.29) is 13.0 Å². The van der Waals surface area contributed by atoms with Gasteiger partial charge in [0.15, 0.2) is 6.23 Å². The van der Waals surface area contributed by atoms with Gasteiger partial charge >= 0.3 is 11.7 Å². The molecule has 1 saturated heterocycles. The summed E-state index contributed by atoms with van der Waals surface area (Å²) in [5.41, 5.74) is 5.07. The number of benzene rings is 1. The summed E-state index contributed by atoms with van der Waals surface area (Å²) < 4.78 is 11.2. The van der Waals surface area contributed by atoms with Crippen LogP contribution in [0, 0.1) is 0 Å². The molecule has 0 radical (unpaired) electrons. The Labute approximate surface area is 158 Å². The number of aliphatic hydroxyl groups excluding tert-OH is 2. The van der Waals surface area contributed by atoms with Crippen molar-refractivity contribution in [2.75, 3.05) is 6.61 Å². The quantitative estimate of drug-likeness (QED) is 0.394. The minimum atomic E-state index is -1.52. The number of esters is 1. The number of carbonyl (C=O) groups is 1. The Bertz CT molecular complexity index is 929. The van der Waals surface area contributed by atoms with Gasteiger partial charge in [-0.25, -0.2) is 4.79 Å². The number of aliphatic hydroxyl groups is 2. The normalized spacial score (nSPS) is 25.4. The van der Waals surface area contributed by atoms with Crippen molar-refractivity contribution in [1.29, 1.82) is 0 Å². The fourth-order valence-corrected chi connectivity index (χ4v) is 2.83. The van der Waals surface area contributed by atoms with Gasteiger partial charge in [-0.2, -0.15) is 9.78 Å². The first-order chi connectivity index (χ1) is 13.4. The predicted octanol–water partition coefficient (Wildman–Crippen LogP) is -2.34. The van der Waals surface area contributed by atoms with Crippen molar-refractivity contribution in [2.45, 2.75) is 37.0 Å². The second-order valence-electron chi connectivity index (χ2n) is 6.36. The largest absolute Gasteiger partial charge is 0.462 e. The van der Waals surface area contributed by atoms with Crippen LogP contribution in [0.2, 0.25) is 0 Å². The van der Waals surface area contributed by atoms with E-state index >= 15 is 0 Å². The van der Waals surface area contributed by atoms with Crippen LogP contribution in [0.15, 0.2) is 46.1 Å². The van der Waals surface area contributed by atoms with Crippen molar-refractivity contribution in [1.82, 2.24) is 14.8 Å². The van der Waals surface area contributed by atoms with Crippen LogP contribution < -0.4 is 17.0 Å². The van der Waals surface area contributed by atoms with Crippen molar-refractivity contribution in [2.24, 2.45) is 5.73 Å². The Balaban J connectivity index is 1.59. The molecule has 1 aromatic carbocycles. The van der Waals surface area contributed by atoms with E-state index < -0.39 is 47.8 Å². The number of H-pyrrole nitrogens is 1. The molecule has 1 fully saturated rings. The van der Waals surface area contributed by atoms with Gasteiger partial charge in [0, 0.05) is 0 Å². The molecule has 1 aromatic heterocycles. The minimum Gasteiger partial charge on any atom is -0.462 e. The molecule has 11 nitrogen and oxygen atoms in total. The summed E-state index contributed by atoms with van der Waals surface area (Å²) in [5.74, 6) is -0.697. The van der Waals surface area contributed by atoms with Gasteiger partial charge in [0.2, 0.25) is 0 Å². The van der Waals surface area contributed by atoms with Crippen molar-refractivity contribution < 1.29 is 24.5 Å². The smallest absolute Gasteiger partial charge is 0.347 e. The van der Waals surface area contributed by atoms with Crippen LogP contribution in [0.25, 0.3) is 0 Å². The Kier molecular flexibility index (Phi) is 5.99.